The molecule has 0 spiro atoms. The molecule has 1 fully saturated rings. The molecule has 0 amide bonds. The van der Waals surface area contributed by atoms with Crippen LogP contribution in [0.15, 0.2) is 29.3 Å². The second kappa shape index (κ2) is 11.1. The number of rotatable bonds is 8. The van der Waals surface area contributed by atoms with Crippen LogP contribution in [0, 0.1) is 5.92 Å². The van der Waals surface area contributed by atoms with Crippen molar-refractivity contribution in [2.75, 3.05) is 46.9 Å². The van der Waals surface area contributed by atoms with E-state index in [1.807, 2.05) is 12.1 Å². The fourth-order valence-electron chi connectivity index (χ4n) is 3.49. The van der Waals surface area contributed by atoms with Crippen molar-refractivity contribution >= 4 is 5.96 Å². The molecule has 2 unspecified atom stereocenters. The van der Waals surface area contributed by atoms with Crippen LogP contribution in [0.25, 0.3) is 0 Å². The van der Waals surface area contributed by atoms with E-state index in [9.17, 15) is 0 Å². The Morgan fingerprint density at radius 1 is 1.31 bits per heavy atom. The smallest absolute Gasteiger partial charge is 0.191 e. The lowest BCUT2D eigenvalue weighted by atomic mass is 9.98. The van der Waals surface area contributed by atoms with Crippen molar-refractivity contribution in [3.05, 3.63) is 29.8 Å². The molecule has 0 saturated carbocycles. The van der Waals surface area contributed by atoms with E-state index in [1.54, 1.807) is 7.11 Å². The van der Waals surface area contributed by atoms with Crippen LogP contribution in [-0.2, 0) is 0 Å². The Balaban J connectivity index is 1.78. The average molecular weight is 361 g/mol. The first-order valence-electron chi connectivity index (χ1n) is 9.97. The Hall–Kier alpha value is -1.75. The molecule has 2 atom stereocenters. The highest BCUT2D eigenvalue weighted by molar-refractivity contribution is 5.79. The van der Waals surface area contributed by atoms with E-state index in [2.05, 4.69) is 48.6 Å². The van der Waals surface area contributed by atoms with Crippen molar-refractivity contribution in [2.24, 2.45) is 10.9 Å². The van der Waals surface area contributed by atoms with Crippen molar-refractivity contribution in [3.8, 4) is 5.75 Å². The van der Waals surface area contributed by atoms with Crippen LogP contribution in [0.2, 0.25) is 0 Å². The molecular weight excluding hydrogens is 324 g/mol. The first kappa shape index (κ1) is 20.6. The van der Waals surface area contributed by atoms with Crippen molar-refractivity contribution in [3.63, 3.8) is 0 Å². The van der Waals surface area contributed by atoms with Gasteiger partial charge in [0, 0.05) is 26.2 Å². The second-order valence-electron chi connectivity index (χ2n) is 7.38. The number of guanidine groups is 1. The van der Waals surface area contributed by atoms with Gasteiger partial charge in [-0.2, -0.15) is 0 Å². The van der Waals surface area contributed by atoms with Gasteiger partial charge in [-0.1, -0.05) is 19.1 Å². The lowest BCUT2D eigenvalue weighted by Gasteiger charge is -2.28. The predicted octanol–water partition coefficient (Wildman–Crippen LogP) is 3.09. The fourth-order valence-corrected chi connectivity index (χ4v) is 3.49. The van der Waals surface area contributed by atoms with Crippen LogP contribution in [0.3, 0.4) is 0 Å². The summed E-state index contributed by atoms with van der Waals surface area (Å²) in [5.74, 6) is 3.04. The van der Waals surface area contributed by atoms with Crippen LogP contribution in [0.5, 0.6) is 5.75 Å². The molecule has 0 aliphatic carbocycles. The predicted molar refractivity (Wildman–Crippen MR) is 110 cm³/mol. The minimum atomic E-state index is 0.503. The van der Waals surface area contributed by atoms with Gasteiger partial charge in [0.2, 0.25) is 0 Å². The summed E-state index contributed by atoms with van der Waals surface area (Å²) in [6.45, 7) is 9.50. The third kappa shape index (κ3) is 6.87. The highest BCUT2D eigenvalue weighted by Crippen LogP contribution is 2.21. The summed E-state index contributed by atoms with van der Waals surface area (Å²) < 4.78 is 5.23. The number of likely N-dealkylation sites (tertiary alicyclic amines) is 1. The summed E-state index contributed by atoms with van der Waals surface area (Å²) in [5.41, 5.74) is 1.35. The van der Waals surface area contributed by atoms with Gasteiger partial charge in [-0.05, 0) is 69.3 Å². The Morgan fingerprint density at radius 3 is 2.73 bits per heavy atom. The third-order valence-corrected chi connectivity index (χ3v) is 5.13. The van der Waals surface area contributed by atoms with Crippen LogP contribution in [-0.4, -0.2) is 57.7 Å². The van der Waals surface area contributed by atoms with Gasteiger partial charge in [-0.25, -0.2) is 0 Å². The molecule has 2 rings (SSSR count). The molecule has 1 aromatic carbocycles. The third-order valence-electron chi connectivity index (χ3n) is 5.13. The molecule has 1 aromatic rings. The molecule has 1 heterocycles. The highest BCUT2D eigenvalue weighted by atomic mass is 16.5. The molecule has 0 aromatic heterocycles. The van der Waals surface area contributed by atoms with Crippen molar-refractivity contribution < 1.29 is 4.74 Å². The van der Waals surface area contributed by atoms with Crippen molar-refractivity contribution in [2.45, 2.75) is 39.0 Å². The van der Waals surface area contributed by atoms with Crippen LogP contribution >= 0.6 is 0 Å². The number of benzene rings is 1. The molecule has 5 nitrogen and oxygen atoms in total. The second-order valence-corrected chi connectivity index (χ2v) is 7.38. The molecule has 0 radical (unpaired) electrons. The van der Waals surface area contributed by atoms with E-state index >= 15 is 0 Å². The van der Waals surface area contributed by atoms with E-state index in [4.69, 9.17) is 9.73 Å². The van der Waals surface area contributed by atoms with Gasteiger partial charge < -0.3 is 20.3 Å². The number of nitrogens with one attached hydrogen (secondary N) is 2. The zero-order chi connectivity index (χ0) is 18.8. The van der Waals surface area contributed by atoms with Crippen molar-refractivity contribution in [1.82, 2.24) is 15.5 Å². The topological polar surface area (TPSA) is 48.9 Å². The van der Waals surface area contributed by atoms with Crippen molar-refractivity contribution in [1.29, 1.82) is 0 Å². The van der Waals surface area contributed by atoms with E-state index < -0.39 is 0 Å². The number of aliphatic imine (C=N–C) groups is 1. The highest BCUT2D eigenvalue weighted by Gasteiger charge is 2.16. The lowest BCUT2D eigenvalue weighted by molar-refractivity contribution is 0.214. The zero-order valence-corrected chi connectivity index (χ0v) is 16.9. The number of methoxy groups -OCH3 is 1. The number of nitrogens with zero attached hydrogens (tertiary/aromatic N) is 2. The van der Waals surface area contributed by atoms with E-state index in [0.717, 1.165) is 44.3 Å². The summed E-state index contributed by atoms with van der Waals surface area (Å²) in [4.78, 5) is 7.23. The molecule has 5 heteroatoms. The van der Waals surface area contributed by atoms with E-state index in [-0.39, 0.29) is 0 Å². The summed E-state index contributed by atoms with van der Waals surface area (Å²) in [5, 5.41) is 6.87. The van der Waals surface area contributed by atoms with Gasteiger partial charge >= 0.3 is 0 Å². The standard InChI is InChI=1S/C21H36N4O/c1-5-22-21(24-15-18-7-6-14-25(3)16-18)23-13-12-17(2)19-8-10-20(26-4)11-9-19/h8-11,17-18H,5-7,12-16H2,1-4H3,(H2,22,23,24). The molecule has 0 bridgehead atoms. The minimum absolute atomic E-state index is 0.503. The molecule has 1 aliphatic rings. The maximum atomic E-state index is 5.23. The Labute approximate surface area is 159 Å². The first-order valence-corrected chi connectivity index (χ1v) is 9.97. The molecule has 1 saturated heterocycles. The monoisotopic (exact) mass is 360 g/mol. The summed E-state index contributed by atoms with van der Waals surface area (Å²) >= 11 is 0. The number of hydrogen-bond donors (Lipinski definition) is 2. The maximum Gasteiger partial charge on any atom is 0.191 e. The van der Waals surface area contributed by atoms with Crippen LogP contribution < -0.4 is 15.4 Å². The van der Waals surface area contributed by atoms with Gasteiger partial charge in [-0.3, -0.25) is 4.99 Å². The lowest BCUT2D eigenvalue weighted by Crippen LogP contribution is -2.39. The van der Waals surface area contributed by atoms with Gasteiger partial charge in [-0.15, -0.1) is 0 Å². The SMILES string of the molecule is CCNC(=NCC1CCCN(C)C1)NCCC(C)c1ccc(OC)cc1. The maximum absolute atomic E-state index is 5.23. The van der Waals surface area contributed by atoms with Gasteiger partial charge in [0.25, 0.3) is 0 Å². The average Bonchev–Trinajstić information content (AvgIpc) is 2.66. The Bertz CT molecular complexity index is 543. The summed E-state index contributed by atoms with van der Waals surface area (Å²) in [6.07, 6.45) is 3.66. The zero-order valence-electron chi connectivity index (χ0n) is 16.9. The van der Waals surface area contributed by atoms with E-state index in [1.165, 1.54) is 24.9 Å². The summed E-state index contributed by atoms with van der Waals surface area (Å²) in [6, 6.07) is 8.38. The normalized spacial score (nSPS) is 19.8. The quantitative estimate of drug-likeness (QED) is 0.552. The fraction of sp³-hybridized carbons (Fsp3) is 0.667. The van der Waals surface area contributed by atoms with Gasteiger partial charge in [0.15, 0.2) is 5.96 Å². The molecule has 26 heavy (non-hydrogen) atoms. The minimum Gasteiger partial charge on any atom is -0.497 e. The molecular formula is C21H36N4O. The van der Waals surface area contributed by atoms with Gasteiger partial charge in [0.1, 0.15) is 5.75 Å². The van der Waals surface area contributed by atoms with E-state index in [0.29, 0.717) is 11.8 Å². The molecule has 146 valence electrons. The van der Waals surface area contributed by atoms with Crippen LogP contribution in [0.4, 0.5) is 0 Å². The molecule has 2 N–H and O–H groups in total. The Kier molecular flexibility index (Phi) is 8.75. The number of hydrogen-bond acceptors (Lipinski definition) is 3. The molecule has 1 aliphatic heterocycles. The summed E-state index contributed by atoms with van der Waals surface area (Å²) in [7, 11) is 3.91. The largest absolute Gasteiger partial charge is 0.497 e. The van der Waals surface area contributed by atoms with Crippen LogP contribution in [0.1, 0.15) is 44.6 Å². The van der Waals surface area contributed by atoms with Gasteiger partial charge in [0.05, 0.1) is 7.11 Å². The number of piperidine rings is 1. The Morgan fingerprint density at radius 2 is 2.08 bits per heavy atom. The first-order chi connectivity index (χ1) is 12.6. The number of ether oxygens (including phenoxy) is 1.